The van der Waals surface area contributed by atoms with Crippen LogP contribution in [0.4, 0.5) is 4.39 Å². The van der Waals surface area contributed by atoms with Gasteiger partial charge in [-0.25, -0.2) is 4.39 Å². The number of nitrogens with one attached hydrogen (secondary N) is 1. The first kappa shape index (κ1) is 14.8. The number of rotatable bonds is 5. The molecule has 19 heavy (non-hydrogen) atoms. The number of likely N-dealkylation sites (N-methyl/N-ethyl adjacent to an activating group) is 1. The monoisotopic (exact) mass is 283 g/mol. The maximum Gasteiger partial charge on any atom is 0.127 e. The van der Waals surface area contributed by atoms with Crippen LogP contribution in [-0.4, -0.2) is 13.1 Å². The molecular formula is C16H23ClFN. The molecule has 0 bridgehead atoms. The van der Waals surface area contributed by atoms with E-state index in [-0.39, 0.29) is 5.82 Å². The van der Waals surface area contributed by atoms with Crippen LogP contribution in [-0.2, 0) is 6.42 Å². The molecule has 0 heterocycles. The molecule has 1 fully saturated rings. The highest BCUT2D eigenvalue weighted by Crippen LogP contribution is 2.29. The van der Waals surface area contributed by atoms with Crippen molar-refractivity contribution in [2.45, 2.75) is 51.0 Å². The van der Waals surface area contributed by atoms with Gasteiger partial charge in [0.25, 0.3) is 0 Å². The van der Waals surface area contributed by atoms with Gasteiger partial charge in [-0.3, -0.25) is 0 Å². The van der Waals surface area contributed by atoms with Crippen molar-refractivity contribution in [1.82, 2.24) is 5.32 Å². The highest BCUT2D eigenvalue weighted by Gasteiger charge is 2.20. The van der Waals surface area contributed by atoms with Crippen molar-refractivity contribution < 1.29 is 4.39 Å². The van der Waals surface area contributed by atoms with Crippen LogP contribution in [0.25, 0.3) is 0 Å². The predicted octanol–water partition coefficient (Wildman–Crippen LogP) is 4.58. The van der Waals surface area contributed by atoms with Crippen molar-refractivity contribution >= 4 is 11.6 Å². The average molecular weight is 284 g/mol. The first-order valence-electron chi connectivity index (χ1n) is 7.31. The van der Waals surface area contributed by atoms with Crippen molar-refractivity contribution in [1.29, 1.82) is 0 Å². The van der Waals surface area contributed by atoms with Crippen molar-refractivity contribution in [2.24, 2.45) is 5.92 Å². The molecular weight excluding hydrogens is 261 g/mol. The lowest BCUT2D eigenvalue weighted by Gasteiger charge is -2.26. The number of hydrogen-bond donors (Lipinski definition) is 1. The Kier molecular flexibility index (Phi) is 5.65. The van der Waals surface area contributed by atoms with Gasteiger partial charge in [0, 0.05) is 16.6 Å². The second-order valence-electron chi connectivity index (χ2n) is 5.63. The summed E-state index contributed by atoms with van der Waals surface area (Å²) in [6.07, 6.45) is 8.52. The molecule has 1 saturated carbocycles. The Bertz CT molecular complexity index is 381. The zero-order chi connectivity index (χ0) is 13.7. The smallest absolute Gasteiger partial charge is 0.127 e. The maximum absolute atomic E-state index is 13.8. The third-order valence-corrected chi connectivity index (χ3v) is 4.62. The number of halogens is 2. The summed E-state index contributed by atoms with van der Waals surface area (Å²) < 4.78 is 13.8. The van der Waals surface area contributed by atoms with E-state index < -0.39 is 0 Å². The molecule has 0 aromatic heterocycles. The highest BCUT2D eigenvalue weighted by molar-refractivity contribution is 6.31. The summed E-state index contributed by atoms with van der Waals surface area (Å²) in [7, 11) is 1.96. The SMILES string of the molecule is CNC(Cc1c(F)cccc1Cl)CC1CCCCC1. The molecule has 0 spiro atoms. The van der Waals surface area contributed by atoms with Crippen molar-refractivity contribution in [2.75, 3.05) is 7.05 Å². The molecule has 1 aliphatic carbocycles. The molecule has 0 aliphatic heterocycles. The summed E-state index contributed by atoms with van der Waals surface area (Å²) in [6, 6.07) is 5.25. The van der Waals surface area contributed by atoms with E-state index in [0.29, 0.717) is 23.0 Å². The van der Waals surface area contributed by atoms with Gasteiger partial charge in [0.15, 0.2) is 0 Å². The Morgan fingerprint density at radius 3 is 2.68 bits per heavy atom. The van der Waals surface area contributed by atoms with E-state index >= 15 is 0 Å². The second kappa shape index (κ2) is 7.25. The Morgan fingerprint density at radius 2 is 2.05 bits per heavy atom. The first-order valence-corrected chi connectivity index (χ1v) is 7.68. The summed E-state index contributed by atoms with van der Waals surface area (Å²) in [5, 5.41) is 3.87. The van der Waals surface area contributed by atoms with Crippen LogP contribution in [0, 0.1) is 11.7 Å². The molecule has 1 aliphatic rings. The van der Waals surface area contributed by atoms with Crippen molar-refractivity contribution in [3.63, 3.8) is 0 Å². The van der Waals surface area contributed by atoms with Gasteiger partial charge in [0.2, 0.25) is 0 Å². The van der Waals surface area contributed by atoms with Crippen LogP contribution >= 0.6 is 11.6 Å². The van der Waals surface area contributed by atoms with Crippen LogP contribution < -0.4 is 5.32 Å². The molecule has 1 aromatic carbocycles. The molecule has 1 atom stereocenters. The van der Waals surface area contributed by atoms with E-state index in [4.69, 9.17) is 11.6 Å². The fourth-order valence-corrected chi connectivity index (χ4v) is 3.34. The normalized spacial score (nSPS) is 18.5. The van der Waals surface area contributed by atoms with Gasteiger partial charge in [-0.2, -0.15) is 0 Å². The molecule has 0 amide bonds. The van der Waals surface area contributed by atoms with Crippen LogP contribution in [0.15, 0.2) is 18.2 Å². The van der Waals surface area contributed by atoms with E-state index in [2.05, 4.69) is 5.32 Å². The Balaban J connectivity index is 1.98. The third-order valence-electron chi connectivity index (χ3n) is 4.26. The molecule has 2 rings (SSSR count). The van der Waals surface area contributed by atoms with Gasteiger partial charge < -0.3 is 5.32 Å². The first-order chi connectivity index (χ1) is 9.20. The fraction of sp³-hybridized carbons (Fsp3) is 0.625. The summed E-state index contributed by atoms with van der Waals surface area (Å²) >= 11 is 6.11. The summed E-state index contributed by atoms with van der Waals surface area (Å²) in [4.78, 5) is 0. The minimum absolute atomic E-state index is 0.184. The summed E-state index contributed by atoms with van der Waals surface area (Å²) in [6.45, 7) is 0. The van der Waals surface area contributed by atoms with Crippen LogP contribution in [0.3, 0.4) is 0 Å². The van der Waals surface area contributed by atoms with Gasteiger partial charge in [-0.05, 0) is 37.9 Å². The standard InChI is InChI=1S/C16H23ClFN/c1-19-13(10-12-6-3-2-4-7-12)11-14-15(17)8-5-9-16(14)18/h5,8-9,12-13,19H,2-4,6-7,10-11H2,1H3. The predicted molar refractivity (Wildman–Crippen MR) is 79.2 cm³/mol. The lowest BCUT2D eigenvalue weighted by Crippen LogP contribution is -2.31. The minimum Gasteiger partial charge on any atom is -0.317 e. The molecule has 1 aromatic rings. The van der Waals surface area contributed by atoms with E-state index in [1.54, 1.807) is 12.1 Å². The van der Waals surface area contributed by atoms with Crippen molar-refractivity contribution in [3.8, 4) is 0 Å². The average Bonchev–Trinajstić information content (AvgIpc) is 2.43. The highest BCUT2D eigenvalue weighted by atomic mass is 35.5. The minimum atomic E-state index is -0.184. The van der Waals surface area contributed by atoms with E-state index in [1.807, 2.05) is 7.05 Å². The Hall–Kier alpha value is -0.600. The Morgan fingerprint density at radius 1 is 1.32 bits per heavy atom. The summed E-state index contributed by atoms with van der Waals surface area (Å²) in [5.74, 6) is 0.605. The molecule has 1 N–H and O–H groups in total. The van der Waals surface area contributed by atoms with Crippen LogP contribution in [0.5, 0.6) is 0 Å². The lowest BCUT2D eigenvalue weighted by atomic mass is 9.83. The third kappa shape index (κ3) is 4.19. The molecule has 0 radical (unpaired) electrons. The van der Waals surface area contributed by atoms with Crippen LogP contribution in [0.1, 0.15) is 44.1 Å². The number of hydrogen-bond acceptors (Lipinski definition) is 1. The van der Waals surface area contributed by atoms with Gasteiger partial charge in [-0.1, -0.05) is 49.8 Å². The lowest BCUT2D eigenvalue weighted by molar-refractivity contribution is 0.302. The zero-order valence-electron chi connectivity index (χ0n) is 11.6. The van der Waals surface area contributed by atoms with Gasteiger partial charge in [0.1, 0.15) is 5.82 Å². The van der Waals surface area contributed by atoms with E-state index in [0.717, 1.165) is 12.3 Å². The molecule has 0 saturated heterocycles. The fourth-order valence-electron chi connectivity index (χ4n) is 3.10. The maximum atomic E-state index is 13.8. The quantitative estimate of drug-likeness (QED) is 0.834. The number of benzene rings is 1. The zero-order valence-corrected chi connectivity index (χ0v) is 12.3. The van der Waals surface area contributed by atoms with E-state index in [1.165, 1.54) is 38.2 Å². The second-order valence-corrected chi connectivity index (χ2v) is 6.04. The topological polar surface area (TPSA) is 12.0 Å². The molecule has 1 unspecified atom stereocenters. The van der Waals surface area contributed by atoms with Crippen LogP contribution in [0.2, 0.25) is 5.02 Å². The van der Waals surface area contributed by atoms with Gasteiger partial charge in [-0.15, -0.1) is 0 Å². The largest absolute Gasteiger partial charge is 0.317 e. The van der Waals surface area contributed by atoms with Gasteiger partial charge >= 0.3 is 0 Å². The Labute approximate surface area is 120 Å². The van der Waals surface area contributed by atoms with E-state index in [9.17, 15) is 4.39 Å². The molecule has 1 nitrogen and oxygen atoms in total. The molecule has 106 valence electrons. The molecule has 3 heteroatoms. The van der Waals surface area contributed by atoms with Gasteiger partial charge in [0.05, 0.1) is 0 Å². The van der Waals surface area contributed by atoms with Crippen molar-refractivity contribution in [3.05, 3.63) is 34.6 Å². The summed E-state index contributed by atoms with van der Waals surface area (Å²) in [5.41, 5.74) is 0.652.